The molecular weight excluding hydrogens is 290 g/mol. The van der Waals surface area contributed by atoms with Gasteiger partial charge in [0.2, 0.25) is 0 Å². The average molecular weight is 319 g/mol. The molecule has 124 valence electrons. The number of hydrogen-bond donors (Lipinski definition) is 2. The summed E-state index contributed by atoms with van der Waals surface area (Å²) in [5.41, 5.74) is 0. The highest BCUT2D eigenvalue weighted by atomic mass is 32.2. The Morgan fingerprint density at radius 1 is 1.38 bits per heavy atom. The van der Waals surface area contributed by atoms with Crippen molar-refractivity contribution in [2.24, 2.45) is 11.8 Å². The van der Waals surface area contributed by atoms with Gasteiger partial charge in [-0.05, 0) is 37.6 Å². The largest absolute Gasteiger partial charge is 0.389 e. The first kappa shape index (κ1) is 18.6. The maximum absolute atomic E-state index is 10.9. The van der Waals surface area contributed by atoms with E-state index in [2.05, 4.69) is 24.4 Å². The zero-order valence-corrected chi connectivity index (χ0v) is 13.9. The lowest BCUT2D eigenvalue weighted by atomic mass is 9.85. The Bertz CT molecular complexity index is 408. The smallest absolute Gasteiger partial charge is 0.147 e. The number of sulfone groups is 1. The van der Waals surface area contributed by atoms with Gasteiger partial charge in [-0.3, -0.25) is 0 Å². The van der Waals surface area contributed by atoms with Crippen molar-refractivity contribution in [1.82, 2.24) is 5.32 Å². The van der Waals surface area contributed by atoms with Crippen LogP contribution in [0.15, 0.2) is 12.2 Å². The van der Waals surface area contributed by atoms with Crippen LogP contribution in [-0.4, -0.2) is 57.9 Å². The number of ether oxygens (including phenoxy) is 1. The van der Waals surface area contributed by atoms with Crippen LogP contribution in [0.2, 0.25) is 0 Å². The van der Waals surface area contributed by atoms with Gasteiger partial charge < -0.3 is 15.2 Å². The molecule has 0 aromatic heterocycles. The fourth-order valence-electron chi connectivity index (χ4n) is 2.38. The van der Waals surface area contributed by atoms with E-state index in [9.17, 15) is 13.5 Å². The number of aliphatic hydroxyl groups excluding tert-OH is 1. The van der Waals surface area contributed by atoms with Crippen LogP contribution in [0.4, 0.5) is 0 Å². The van der Waals surface area contributed by atoms with Gasteiger partial charge in [0.15, 0.2) is 0 Å². The molecule has 0 saturated carbocycles. The Hall–Kier alpha value is -0.430. The summed E-state index contributed by atoms with van der Waals surface area (Å²) in [6.07, 6.45) is 7.84. The number of nitrogens with one attached hydrogen (secondary N) is 1. The third-order valence-electron chi connectivity index (χ3n) is 3.81. The number of hydrogen-bond acceptors (Lipinski definition) is 5. The van der Waals surface area contributed by atoms with Gasteiger partial charge in [0, 0.05) is 12.8 Å². The fourth-order valence-corrected chi connectivity index (χ4v) is 3.05. The van der Waals surface area contributed by atoms with Crippen LogP contribution in [0.25, 0.3) is 0 Å². The Kier molecular flexibility index (Phi) is 8.48. The Morgan fingerprint density at radius 2 is 2.10 bits per heavy atom. The van der Waals surface area contributed by atoms with Gasteiger partial charge in [0.25, 0.3) is 0 Å². The lowest BCUT2D eigenvalue weighted by Gasteiger charge is -2.25. The molecule has 1 aliphatic carbocycles. The summed E-state index contributed by atoms with van der Waals surface area (Å²) in [5.74, 6) is 1.37. The lowest BCUT2D eigenvalue weighted by Crippen LogP contribution is -2.32. The van der Waals surface area contributed by atoms with Crippen LogP contribution in [0.3, 0.4) is 0 Å². The summed E-state index contributed by atoms with van der Waals surface area (Å²) in [6.45, 7) is 4.28. The second-order valence-corrected chi connectivity index (χ2v) is 8.32. The second-order valence-electron chi connectivity index (χ2n) is 6.06. The van der Waals surface area contributed by atoms with Crippen LogP contribution >= 0.6 is 0 Å². The molecule has 0 spiro atoms. The predicted octanol–water partition coefficient (Wildman–Crippen LogP) is 0.991. The van der Waals surface area contributed by atoms with Crippen molar-refractivity contribution < 1.29 is 18.3 Å². The van der Waals surface area contributed by atoms with Crippen LogP contribution in [-0.2, 0) is 14.6 Å². The van der Waals surface area contributed by atoms with Crippen LogP contribution in [0.5, 0.6) is 0 Å². The van der Waals surface area contributed by atoms with Crippen molar-refractivity contribution >= 4 is 9.84 Å². The van der Waals surface area contributed by atoms with E-state index in [1.54, 1.807) is 0 Å². The van der Waals surface area contributed by atoms with Gasteiger partial charge in [-0.25, -0.2) is 8.42 Å². The van der Waals surface area contributed by atoms with E-state index in [1.165, 1.54) is 6.26 Å². The Labute approximate surface area is 128 Å². The predicted molar refractivity (Wildman–Crippen MR) is 85.1 cm³/mol. The Morgan fingerprint density at radius 3 is 2.76 bits per heavy atom. The zero-order chi connectivity index (χ0) is 15.7. The molecule has 0 saturated heterocycles. The molecule has 6 heteroatoms. The minimum atomic E-state index is -2.89. The van der Waals surface area contributed by atoms with Crippen molar-refractivity contribution in [3.8, 4) is 0 Å². The molecule has 0 heterocycles. The van der Waals surface area contributed by atoms with E-state index in [4.69, 9.17) is 4.74 Å². The van der Waals surface area contributed by atoms with Crippen LogP contribution < -0.4 is 5.32 Å². The van der Waals surface area contributed by atoms with Gasteiger partial charge in [0.05, 0.1) is 25.1 Å². The normalized spacial score (nSPS) is 24.1. The highest BCUT2D eigenvalue weighted by Gasteiger charge is 2.18. The second kappa shape index (κ2) is 9.56. The summed E-state index contributed by atoms with van der Waals surface area (Å²) < 4.78 is 27.5. The van der Waals surface area contributed by atoms with Crippen LogP contribution in [0.1, 0.15) is 26.2 Å². The standard InChI is InChI=1S/C15H29NO4S/c1-13-6-3-4-7-14(13)11-20-12-15(17)10-16-8-5-9-21(2,18)19/h3-4,13-17H,5-12H2,1-2H3. The van der Waals surface area contributed by atoms with Crippen molar-refractivity contribution in [1.29, 1.82) is 0 Å². The lowest BCUT2D eigenvalue weighted by molar-refractivity contribution is 0.0129. The molecule has 5 nitrogen and oxygen atoms in total. The summed E-state index contributed by atoms with van der Waals surface area (Å²) in [5, 5.41) is 12.8. The molecule has 0 bridgehead atoms. The summed E-state index contributed by atoms with van der Waals surface area (Å²) in [6, 6.07) is 0. The molecule has 3 atom stereocenters. The molecule has 21 heavy (non-hydrogen) atoms. The first-order valence-corrected chi connectivity index (χ1v) is 9.74. The topological polar surface area (TPSA) is 75.6 Å². The van der Waals surface area contributed by atoms with Gasteiger partial charge in [0.1, 0.15) is 9.84 Å². The van der Waals surface area contributed by atoms with Gasteiger partial charge in [-0.2, -0.15) is 0 Å². The number of rotatable bonds is 10. The molecule has 0 aromatic carbocycles. The zero-order valence-electron chi connectivity index (χ0n) is 13.1. The minimum Gasteiger partial charge on any atom is -0.389 e. The third-order valence-corrected chi connectivity index (χ3v) is 4.84. The average Bonchev–Trinajstić information content (AvgIpc) is 2.39. The van der Waals surface area contributed by atoms with E-state index in [0.717, 1.165) is 12.8 Å². The molecular formula is C15H29NO4S. The molecule has 0 fully saturated rings. The van der Waals surface area contributed by atoms with E-state index < -0.39 is 15.9 Å². The molecule has 1 rings (SSSR count). The van der Waals surface area contributed by atoms with E-state index in [0.29, 0.717) is 44.6 Å². The molecule has 0 amide bonds. The third kappa shape index (κ3) is 9.24. The number of allylic oxidation sites excluding steroid dienone is 2. The maximum atomic E-state index is 10.9. The van der Waals surface area contributed by atoms with Crippen molar-refractivity contribution in [3.63, 3.8) is 0 Å². The monoisotopic (exact) mass is 319 g/mol. The summed E-state index contributed by atoms with van der Waals surface area (Å²) in [4.78, 5) is 0. The molecule has 0 aliphatic heterocycles. The molecule has 3 unspecified atom stereocenters. The SMILES string of the molecule is CC1CC=CCC1COCC(O)CNCCCS(C)(=O)=O. The number of aliphatic hydroxyl groups is 1. The fraction of sp³-hybridized carbons (Fsp3) is 0.867. The van der Waals surface area contributed by atoms with Crippen molar-refractivity contribution in [2.45, 2.75) is 32.3 Å². The van der Waals surface area contributed by atoms with Gasteiger partial charge in [-0.15, -0.1) is 0 Å². The highest BCUT2D eigenvalue weighted by molar-refractivity contribution is 7.90. The van der Waals surface area contributed by atoms with Gasteiger partial charge >= 0.3 is 0 Å². The Balaban J connectivity index is 2.01. The first-order chi connectivity index (χ1) is 9.88. The maximum Gasteiger partial charge on any atom is 0.147 e. The van der Waals surface area contributed by atoms with Crippen molar-refractivity contribution in [2.75, 3.05) is 38.3 Å². The van der Waals surface area contributed by atoms with E-state index in [1.807, 2.05) is 0 Å². The van der Waals surface area contributed by atoms with E-state index in [-0.39, 0.29) is 5.75 Å². The van der Waals surface area contributed by atoms with Crippen LogP contribution in [0, 0.1) is 11.8 Å². The van der Waals surface area contributed by atoms with E-state index >= 15 is 0 Å². The summed E-state index contributed by atoms with van der Waals surface area (Å²) >= 11 is 0. The summed E-state index contributed by atoms with van der Waals surface area (Å²) in [7, 11) is -2.89. The molecule has 0 aromatic rings. The molecule has 1 aliphatic rings. The minimum absolute atomic E-state index is 0.180. The molecule has 2 N–H and O–H groups in total. The first-order valence-electron chi connectivity index (χ1n) is 7.67. The quantitative estimate of drug-likeness (QED) is 0.464. The highest BCUT2D eigenvalue weighted by Crippen LogP contribution is 2.24. The molecule has 0 radical (unpaired) electrons. The van der Waals surface area contributed by atoms with Gasteiger partial charge in [-0.1, -0.05) is 19.1 Å². The van der Waals surface area contributed by atoms with Crippen molar-refractivity contribution in [3.05, 3.63) is 12.2 Å².